The van der Waals surface area contributed by atoms with E-state index in [1.54, 1.807) is 0 Å². The summed E-state index contributed by atoms with van der Waals surface area (Å²) in [6.45, 7) is 2.49. The Kier molecular flexibility index (Phi) is 4.95. The van der Waals surface area contributed by atoms with Gasteiger partial charge >= 0.3 is 0 Å². The van der Waals surface area contributed by atoms with Crippen molar-refractivity contribution >= 4 is 25.8 Å². The molecule has 0 bridgehead atoms. The zero-order valence-electron chi connectivity index (χ0n) is 9.40. The predicted octanol–water partition coefficient (Wildman–Crippen LogP) is 2.14. The molecule has 0 aliphatic rings. The van der Waals surface area contributed by atoms with Crippen LogP contribution in [0.4, 0.5) is 0 Å². The van der Waals surface area contributed by atoms with E-state index in [2.05, 4.69) is 21.2 Å². The number of benzene rings is 1. The van der Waals surface area contributed by atoms with Gasteiger partial charge in [0.25, 0.3) is 0 Å². The number of nitrogens with one attached hydrogen (secondary N) is 1. The number of hydrogen-bond acceptors (Lipinski definition) is 3. The summed E-state index contributed by atoms with van der Waals surface area (Å²) in [6, 6.07) is 8.05. The second-order valence-electron chi connectivity index (χ2n) is 3.83. The third kappa shape index (κ3) is 4.63. The first-order valence-corrected chi connectivity index (χ1v) is 7.91. The summed E-state index contributed by atoms with van der Waals surface area (Å²) >= 11 is 3.47. The molecule has 0 heterocycles. The van der Waals surface area contributed by atoms with Crippen molar-refractivity contribution in [3.05, 3.63) is 34.3 Å². The maximum atomic E-state index is 11.0. The van der Waals surface area contributed by atoms with Crippen LogP contribution in [-0.4, -0.2) is 27.0 Å². The van der Waals surface area contributed by atoms with Gasteiger partial charge in [0.05, 0.1) is 5.75 Å². The van der Waals surface area contributed by atoms with E-state index in [1.807, 2.05) is 31.2 Å². The summed E-state index contributed by atoms with van der Waals surface area (Å²) in [5.41, 5.74) is 1.14. The second kappa shape index (κ2) is 5.80. The molecule has 1 N–H and O–H groups in total. The number of rotatable bonds is 5. The Morgan fingerprint density at radius 3 is 2.56 bits per heavy atom. The van der Waals surface area contributed by atoms with E-state index >= 15 is 0 Å². The van der Waals surface area contributed by atoms with Gasteiger partial charge < -0.3 is 5.32 Å². The summed E-state index contributed by atoms with van der Waals surface area (Å²) in [5, 5.41) is 3.19. The van der Waals surface area contributed by atoms with Gasteiger partial charge in [0.1, 0.15) is 9.84 Å². The molecule has 0 aliphatic heterocycles. The molecule has 1 rings (SSSR count). The highest BCUT2D eigenvalue weighted by Crippen LogP contribution is 2.22. The van der Waals surface area contributed by atoms with Crippen LogP contribution < -0.4 is 5.32 Å². The van der Waals surface area contributed by atoms with E-state index in [-0.39, 0.29) is 11.8 Å². The monoisotopic (exact) mass is 305 g/mol. The first kappa shape index (κ1) is 13.7. The summed E-state index contributed by atoms with van der Waals surface area (Å²) < 4.78 is 23.0. The molecule has 0 amide bonds. The molecule has 3 nitrogen and oxygen atoms in total. The molecule has 1 atom stereocenters. The molecule has 5 heteroatoms. The van der Waals surface area contributed by atoms with Gasteiger partial charge in [-0.2, -0.15) is 0 Å². The smallest absolute Gasteiger partial charge is 0.148 e. The van der Waals surface area contributed by atoms with E-state index in [1.165, 1.54) is 6.26 Å². The van der Waals surface area contributed by atoms with Gasteiger partial charge in [-0.05, 0) is 18.6 Å². The number of sulfone groups is 1. The van der Waals surface area contributed by atoms with Gasteiger partial charge in [-0.25, -0.2) is 8.42 Å². The largest absolute Gasteiger partial charge is 0.309 e. The van der Waals surface area contributed by atoms with Crippen molar-refractivity contribution in [2.45, 2.75) is 13.0 Å². The zero-order valence-corrected chi connectivity index (χ0v) is 11.8. The molecule has 0 aromatic heterocycles. The molecule has 16 heavy (non-hydrogen) atoms. The fourth-order valence-corrected chi connectivity index (χ4v) is 2.51. The Labute approximate surface area is 105 Å². The van der Waals surface area contributed by atoms with Crippen molar-refractivity contribution in [3.63, 3.8) is 0 Å². The van der Waals surface area contributed by atoms with Crippen LogP contribution >= 0.6 is 15.9 Å². The van der Waals surface area contributed by atoms with Gasteiger partial charge in [-0.3, -0.25) is 0 Å². The van der Waals surface area contributed by atoms with Crippen molar-refractivity contribution in [1.82, 2.24) is 5.32 Å². The number of halogens is 1. The highest BCUT2D eigenvalue weighted by molar-refractivity contribution is 9.10. The third-order valence-electron chi connectivity index (χ3n) is 2.30. The van der Waals surface area contributed by atoms with Gasteiger partial charge in [-0.1, -0.05) is 34.1 Å². The van der Waals surface area contributed by atoms with Crippen molar-refractivity contribution < 1.29 is 8.42 Å². The molecule has 0 radical (unpaired) electrons. The lowest BCUT2D eigenvalue weighted by atomic mass is 10.1. The Hall–Kier alpha value is -0.390. The molecular weight excluding hydrogens is 290 g/mol. The Balaban J connectivity index is 2.54. The van der Waals surface area contributed by atoms with Crippen LogP contribution in [0.1, 0.15) is 18.5 Å². The predicted molar refractivity (Wildman–Crippen MR) is 70.3 cm³/mol. The van der Waals surface area contributed by atoms with E-state index in [9.17, 15) is 8.42 Å². The van der Waals surface area contributed by atoms with Crippen molar-refractivity contribution in [3.8, 4) is 0 Å². The molecule has 1 aromatic carbocycles. The van der Waals surface area contributed by atoms with Crippen LogP contribution in [0.3, 0.4) is 0 Å². The van der Waals surface area contributed by atoms with Crippen molar-refractivity contribution in [2.24, 2.45) is 0 Å². The normalized spacial score (nSPS) is 13.7. The minimum absolute atomic E-state index is 0.136. The Bertz CT molecular complexity index is 445. The highest BCUT2D eigenvalue weighted by atomic mass is 79.9. The fourth-order valence-electron chi connectivity index (χ4n) is 1.40. The minimum atomic E-state index is -2.89. The van der Waals surface area contributed by atoms with Crippen molar-refractivity contribution in [2.75, 3.05) is 18.6 Å². The summed E-state index contributed by atoms with van der Waals surface area (Å²) in [4.78, 5) is 0. The topological polar surface area (TPSA) is 46.2 Å². The summed E-state index contributed by atoms with van der Waals surface area (Å²) in [6.07, 6.45) is 1.25. The van der Waals surface area contributed by atoms with Gasteiger partial charge in [0.2, 0.25) is 0 Å². The van der Waals surface area contributed by atoms with Gasteiger partial charge in [-0.15, -0.1) is 0 Å². The van der Waals surface area contributed by atoms with Crippen molar-refractivity contribution in [1.29, 1.82) is 0 Å². The molecule has 0 fully saturated rings. The molecule has 1 aromatic rings. The lowest BCUT2D eigenvalue weighted by molar-refractivity contribution is 0.575. The Morgan fingerprint density at radius 2 is 2.00 bits per heavy atom. The SMILES string of the molecule is C[C@@H](NCCS(C)(=O)=O)c1ccccc1Br. The van der Waals surface area contributed by atoms with Gasteiger partial charge in [0, 0.05) is 23.3 Å². The standard InChI is InChI=1S/C11H16BrNO2S/c1-9(13-7-8-16(2,14)15)10-5-3-4-6-11(10)12/h3-6,9,13H,7-8H2,1-2H3/t9-/m1/s1. The van der Waals surface area contributed by atoms with Crippen LogP contribution in [0.2, 0.25) is 0 Å². The average molecular weight is 306 g/mol. The maximum Gasteiger partial charge on any atom is 0.148 e. The molecule has 0 spiro atoms. The quantitative estimate of drug-likeness (QED) is 0.906. The third-order valence-corrected chi connectivity index (χ3v) is 3.96. The molecular formula is C11H16BrNO2S. The molecule has 0 unspecified atom stereocenters. The fraction of sp³-hybridized carbons (Fsp3) is 0.455. The van der Waals surface area contributed by atoms with Crippen LogP contribution in [-0.2, 0) is 9.84 Å². The summed E-state index contributed by atoms with van der Waals surface area (Å²) in [7, 11) is -2.89. The van der Waals surface area contributed by atoms with Crippen LogP contribution in [0, 0.1) is 0 Å². The van der Waals surface area contributed by atoms with Gasteiger partial charge in [0.15, 0.2) is 0 Å². The minimum Gasteiger partial charge on any atom is -0.309 e. The van der Waals surface area contributed by atoms with E-state index < -0.39 is 9.84 Å². The van der Waals surface area contributed by atoms with E-state index in [0.717, 1.165) is 10.0 Å². The van der Waals surface area contributed by atoms with Crippen LogP contribution in [0.15, 0.2) is 28.7 Å². The molecule has 0 saturated heterocycles. The lowest BCUT2D eigenvalue weighted by Gasteiger charge is -2.15. The first-order chi connectivity index (χ1) is 7.40. The summed E-state index contributed by atoms with van der Waals surface area (Å²) in [5.74, 6) is 0.168. The second-order valence-corrected chi connectivity index (χ2v) is 6.94. The van der Waals surface area contributed by atoms with Crippen LogP contribution in [0.25, 0.3) is 0 Å². The first-order valence-electron chi connectivity index (χ1n) is 5.05. The average Bonchev–Trinajstić information content (AvgIpc) is 2.16. The van der Waals surface area contributed by atoms with E-state index in [4.69, 9.17) is 0 Å². The molecule has 0 saturated carbocycles. The highest BCUT2D eigenvalue weighted by Gasteiger charge is 2.09. The molecule has 90 valence electrons. The zero-order chi connectivity index (χ0) is 12.2. The van der Waals surface area contributed by atoms with Crippen LogP contribution in [0.5, 0.6) is 0 Å². The Morgan fingerprint density at radius 1 is 1.38 bits per heavy atom. The lowest BCUT2D eigenvalue weighted by Crippen LogP contribution is -2.25. The molecule has 0 aliphatic carbocycles. The maximum absolute atomic E-state index is 11.0. The number of hydrogen-bond donors (Lipinski definition) is 1. The van der Waals surface area contributed by atoms with E-state index in [0.29, 0.717) is 6.54 Å².